The summed E-state index contributed by atoms with van der Waals surface area (Å²) in [4.78, 5) is 0. The highest BCUT2D eigenvalue weighted by Gasteiger charge is 2.58. The minimum Gasteiger partial charge on any atom is -0.390 e. The van der Waals surface area contributed by atoms with Crippen LogP contribution in [-0.4, -0.2) is 28.1 Å². The Hall–Kier alpha value is -0.550. The first kappa shape index (κ1) is 28.0. The van der Waals surface area contributed by atoms with Gasteiger partial charge in [0.15, 0.2) is 0 Å². The van der Waals surface area contributed by atoms with Crippen molar-refractivity contribution < 1.29 is 23.4 Å². The molecule has 198 valence electrons. The normalized spacial score (nSPS) is 42.9. The van der Waals surface area contributed by atoms with Crippen LogP contribution in [0.25, 0.3) is 0 Å². The van der Waals surface area contributed by atoms with Gasteiger partial charge in [0, 0.05) is 0 Å². The molecule has 9 atom stereocenters. The van der Waals surface area contributed by atoms with E-state index in [2.05, 4.69) is 41.2 Å². The number of aliphatic hydroxyl groups is 2. The van der Waals surface area contributed by atoms with E-state index >= 15 is 0 Å². The molecule has 3 fully saturated rings. The minimum atomic E-state index is -4.52. The summed E-state index contributed by atoms with van der Waals surface area (Å²) in [5.74, 6) is 2.39. The second-order valence-electron chi connectivity index (χ2n) is 12.8. The van der Waals surface area contributed by atoms with Gasteiger partial charge in [-0.3, -0.25) is 0 Å². The van der Waals surface area contributed by atoms with Crippen molar-refractivity contribution in [1.29, 1.82) is 0 Å². The molecule has 0 aromatic heterocycles. The maximum absolute atomic E-state index is 12.8. The zero-order valence-electron chi connectivity index (χ0n) is 22.2. The molecule has 0 aromatic rings. The van der Waals surface area contributed by atoms with E-state index in [0.29, 0.717) is 36.5 Å². The number of halogens is 3. The van der Waals surface area contributed by atoms with Gasteiger partial charge < -0.3 is 10.2 Å². The Morgan fingerprint density at radius 1 is 1.03 bits per heavy atom. The first-order valence-electron chi connectivity index (χ1n) is 13.9. The fraction of sp³-hybridized carbons (Fsp3) is 0.931. The zero-order valence-corrected chi connectivity index (χ0v) is 22.2. The van der Waals surface area contributed by atoms with Crippen molar-refractivity contribution in [2.75, 3.05) is 0 Å². The van der Waals surface area contributed by atoms with E-state index < -0.39 is 17.9 Å². The van der Waals surface area contributed by atoms with Crippen LogP contribution in [-0.2, 0) is 0 Å². The number of hydrogen-bond donors (Lipinski definition) is 2. The molecule has 5 heteroatoms. The van der Waals surface area contributed by atoms with Crippen LogP contribution in [0.1, 0.15) is 112 Å². The van der Waals surface area contributed by atoms with Gasteiger partial charge in [0.2, 0.25) is 0 Å². The van der Waals surface area contributed by atoms with Crippen LogP contribution in [0, 0.1) is 40.4 Å². The number of hydrogen-bond acceptors (Lipinski definition) is 2. The van der Waals surface area contributed by atoms with Crippen LogP contribution >= 0.6 is 0 Å². The van der Waals surface area contributed by atoms with Crippen LogP contribution < -0.4 is 0 Å². The molecule has 2 nitrogen and oxygen atoms in total. The average Bonchev–Trinajstić information content (AvgIpc) is 3.12. The number of rotatable bonds is 8. The van der Waals surface area contributed by atoms with Crippen molar-refractivity contribution in [3.8, 4) is 0 Å². The third-order valence-corrected chi connectivity index (χ3v) is 11.0. The average molecular weight is 487 g/mol. The Bertz CT molecular complexity index is 721. The van der Waals surface area contributed by atoms with Crippen LogP contribution in [0.3, 0.4) is 0 Å². The first-order valence-corrected chi connectivity index (χ1v) is 13.9. The Labute approximate surface area is 205 Å². The van der Waals surface area contributed by atoms with Gasteiger partial charge in [-0.25, -0.2) is 0 Å². The summed E-state index contributed by atoms with van der Waals surface area (Å²) in [6.45, 7) is 15.8. The molecule has 3 aliphatic carbocycles. The van der Waals surface area contributed by atoms with Crippen LogP contribution in [0.4, 0.5) is 13.2 Å². The summed E-state index contributed by atoms with van der Waals surface area (Å²) in [5.41, 5.74) is 0.842. The lowest BCUT2D eigenvalue weighted by atomic mass is 9.48. The molecule has 34 heavy (non-hydrogen) atoms. The van der Waals surface area contributed by atoms with Gasteiger partial charge in [-0.15, -0.1) is 0 Å². The molecule has 0 amide bonds. The molecule has 0 spiro atoms. The Kier molecular flexibility index (Phi) is 8.30. The minimum absolute atomic E-state index is 0.0586. The van der Waals surface area contributed by atoms with E-state index in [9.17, 15) is 23.4 Å². The van der Waals surface area contributed by atoms with Gasteiger partial charge in [0.05, 0.1) is 5.60 Å². The number of aliphatic hydroxyl groups excluding tert-OH is 1. The molecular weight excluding hydrogens is 437 g/mol. The van der Waals surface area contributed by atoms with Crippen LogP contribution in [0.2, 0.25) is 0 Å². The molecule has 3 rings (SSSR count). The summed E-state index contributed by atoms with van der Waals surface area (Å²) in [6.07, 6.45) is 3.70. The largest absolute Gasteiger partial charge is 0.414 e. The highest BCUT2D eigenvalue weighted by atomic mass is 19.4. The summed E-state index contributed by atoms with van der Waals surface area (Å²) in [6, 6.07) is 0. The smallest absolute Gasteiger partial charge is 0.390 e. The summed E-state index contributed by atoms with van der Waals surface area (Å²) < 4.78 is 38.5. The molecule has 0 bridgehead atoms. The maximum atomic E-state index is 12.8. The van der Waals surface area contributed by atoms with Crippen molar-refractivity contribution in [3.63, 3.8) is 0 Å². The Balaban J connectivity index is 1.77. The van der Waals surface area contributed by atoms with Gasteiger partial charge in [-0.05, 0) is 105 Å². The highest BCUT2D eigenvalue weighted by molar-refractivity contribution is 5.20. The Morgan fingerprint density at radius 2 is 1.71 bits per heavy atom. The van der Waals surface area contributed by atoms with E-state index in [0.717, 1.165) is 51.4 Å². The van der Waals surface area contributed by atoms with Gasteiger partial charge in [0.25, 0.3) is 0 Å². The van der Waals surface area contributed by atoms with Gasteiger partial charge in [-0.1, -0.05) is 59.6 Å². The topological polar surface area (TPSA) is 40.5 Å². The molecular formula is C29H49F3O2. The lowest BCUT2D eigenvalue weighted by Crippen LogP contribution is -2.50. The van der Waals surface area contributed by atoms with Crippen molar-refractivity contribution in [2.24, 2.45) is 40.4 Å². The van der Waals surface area contributed by atoms with Gasteiger partial charge >= 0.3 is 6.18 Å². The molecule has 0 radical (unpaired) electrons. The predicted octanol–water partition coefficient (Wildman–Crippen LogP) is 8.07. The van der Waals surface area contributed by atoms with E-state index in [4.69, 9.17) is 0 Å². The molecule has 0 unspecified atom stereocenters. The molecule has 2 N–H and O–H groups in total. The highest BCUT2D eigenvalue weighted by Crippen LogP contribution is 2.66. The number of fused-ring (bicyclic) bond motifs is 1. The molecule has 3 saturated carbocycles. The third-order valence-electron chi connectivity index (χ3n) is 11.0. The van der Waals surface area contributed by atoms with E-state index in [1.165, 1.54) is 12.0 Å². The third kappa shape index (κ3) is 5.12. The predicted molar refractivity (Wildman–Crippen MR) is 132 cm³/mol. The monoisotopic (exact) mass is 486 g/mol. The van der Waals surface area contributed by atoms with Gasteiger partial charge in [-0.2, -0.15) is 13.2 Å². The standard InChI is InChI=1S/C29H49F3O2/c1-7-9-21-23-12-11-22(19(3)10-13-25(33)29(30,31)32)27(23,6)15-14-24(21)26(5)16-17-28(34,8-2)18-20(26)4/h19,21-25,33-34H,4,7-18H2,1-3,5-6H3/t19-,21+,22-,23+,24+,25-,26+,27-,28+/m1/s1. The van der Waals surface area contributed by atoms with Crippen molar-refractivity contribution >= 4 is 0 Å². The zero-order chi connectivity index (χ0) is 25.5. The fourth-order valence-electron chi connectivity index (χ4n) is 8.68. The van der Waals surface area contributed by atoms with Crippen LogP contribution in [0.5, 0.6) is 0 Å². The summed E-state index contributed by atoms with van der Waals surface area (Å²) in [7, 11) is 0. The number of alkyl halides is 3. The molecule has 3 aliphatic rings. The van der Waals surface area contributed by atoms with Crippen molar-refractivity contribution in [1.82, 2.24) is 0 Å². The summed E-state index contributed by atoms with van der Waals surface area (Å²) in [5, 5.41) is 20.5. The maximum Gasteiger partial charge on any atom is 0.414 e. The lowest BCUT2D eigenvalue weighted by Gasteiger charge is -2.57. The molecule has 0 heterocycles. The van der Waals surface area contributed by atoms with E-state index in [1.54, 1.807) is 0 Å². The molecule has 0 saturated heterocycles. The molecule has 0 aromatic carbocycles. The van der Waals surface area contributed by atoms with Crippen molar-refractivity contribution in [3.05, 3.63) is 12.2 Å². The summed E-state index contributed by atoms with van der Waals surface area (Å²) >= 11 is 0. The van der Waals surface area contributed by atoms with E-state index in [1.807, 2.05) is 0 Å². The quantitative estimate of drug-likeness (QED) is 0.341. The second kappa shape index (κ2) is 10.1. The first-order chi connectivity index (χ1) is 15.7. The van der Waals surface area contributed by atoms with Crippen molar-refractivity contribution in [2.45, 2.75) is 130 Å². The molecule has 0 aliphatic heterocycles. The SMILES string of the molecule is C=C1C[C@](O)(CC)CC[C@]1(C)[C@H]1CC[C@]2(C)[C@@H]([C@H](C)CC[C@@H](O)C(F)(F)F)CC[C@H]2[C@@H]1CCC. The van der Waals surface area contributed by atoms with E-state index in [-0.39, 0.29) is 23.2 Å². The lowest BCUT2D eigenvalue weighted by molar-refractivity contribution is -0.206. The Morgan fingerprint density at radius 3 is 2.26 bits per heavy atom. The van der Waals surface area contributed by atoms with Crippen LogP contribution in [0.15, 0.2) is 12.2 Å². The van der Waals surface area contributed by atoms with Gasteiger partial charge in [0.1, 0.15) is 6.10 Å². The fourth-order valence-corrected chi connectivity index (χ4v) is 8.68. The second-order valence-corrected chi connectivity index (χ2v) is 12.8.